The Labute approximate surface area is 102 Å². The predicted octanol–water partition coefficient (Wildman–Crippen LogP) is 1.17. The van der Waals surface area contributed by atoms with E-state index in [2.05, 4.69) is 14.9 Å². The fraction of sp³-hybridized carbons (Fsp3) is 0.100. The minimum atomic E-state index is -4.24. The number of aromatic nitrogens is 2. The van der Waals surface area contributed by atoms with Crippen LogP contribution in [0.25, 0.3) is 0 Å². The van der Waals surface area contributed by atoms with Crippen LogP contribution in [0.3, 0.4) is 0 Å². The van der Waals surface area contributed by atoms with E-state index >= 15 is 0 Å². The minimum absolute atomic E-state index is 0.105. The number of benzene rings is 1. The predicted molar refractivity (Wildman–Crippen MR) is 59.0 cm³/mol. The van der Waals surface area contributed by atoms with Crippen LogP contribution >= 0.6 is 0 Å². The summed E-state index contributed by atoms with van der Waals surface area (Å²) in [5.74, 6) is -2.26. The highest BCUT2D eigenvalue weighted by Crippen LogP contribution is 2.18. The molecule has 0 spiro atoms. The van der Waals surface area contributed by atoms with Crippen molar-refractivity contribution in [1.29, 1.82) is 0 Å². The van der Waals surface area contributed by atoms with Gasteiger partial charge in [0.1, 0.15) is 11.6 Å². The molecule has 2 rings (SSSR count). The Kier molecular flexibility index (Phi) is 3.39. The second-order valence-corrected chi connectivity index (χ2v) is 5.19. The van der Waals surface area contributed by atoms with E-state index in [1.165, 1.54) is 12.4 Å². The normalized spacial score (nSPS) is 11.7. The van der Waals surface area contributed by atoms with Gasteiger partial charge in [0.15, 0.2) is 4.90 Å². The monoisotopic (exact) mass is 273 g/mol. The summed E-state index contributed by atoms with van der Waals surface area (Å²) < 4.78 is 52.3. The summed E-state index contributed by atoms with van der Waals surface area (Å²) in [5.41, 5.74) is 0.551. The SMILES string of the molecule is O=S(=O)(NCc1cn[nH]c1)c1c(F)cccc1F. The fourth-order valence-corrected chi connectivity index (χ4v) is 2.51. The van der Waals surface area contributed by atoms with Crippen LogP contribution in [0.4, 0.5) is 8.78 Å². The van der Waals surface area contributed by atoms with Gasteiger partial charge in [0.25, 0.3) is 0 Å². The first-order valence-electron chi connectivity index (χ1n) is 4.92. The first-order chi connectivity index (χ1) is 8.50. The molecular weight excluding hydrogens is 264 g/mol. The van der Waals surface area contributed by atoms with Gasteiger partial charge in [-0.2, -0.15) is 5.10 Å². The van der Waals surface area contributed by atoms with Gasteiger partial charge in [0, 0.05) is 18.3 Å². The molecule has 0 bridgehead atoms. The molecule has 8 heteroatoms. The Bertz CT molecular complexity index is 621. The molecular formula is C10H9F2N3O2S. The third-order valence-corrected chi connectivity index (χ3v) is 3.66. The van der Waals surface area contributed by atoms with Gasteiger partial charge in [-0.15, -0.1) is 0 Å². The largest absolute Gasteiger partial charge is 0.285 e. The molecule has 0 saturated carbocycles. The molecule has 0 aliphatic heterocycles. The van der Waals surface area contributed by atoms with E-state index in [1.54, 1.807) is 0 Å². The van der Waals surface area contributed by atoms with Gasteiger partial charge in [-0.1, -0.05) is 6.07 Å². The third kappa shape index (κ3) is 2.54. The summed E-state index contributed by atoms with van der Waals surface area (Å²) in [5, 5.41) is 6.12. The van der Waals surface area contributed by atoms with Gasteiger partial charge in [-0.3, -0.25) is 5.10 Å². The fourth-order valence-electron chi connectivity index (χ4n) is 1.36. The molecule has 18 heavy (non-hydrogen) atoms. The maximum absolute atomic E-state index is 13.3. The molecule has 2 N–H and O–H groups in total. The van der Waals surface area contributed by atoms with Gasteiger partial charge in [0.05, 0.1) is 6.20 Å². The van der Waals surface area contributed by atoms with Gasteiger partial charge in [-0.25, -0.2) is 21.9 Å². The van der Waals surface area contributed by atoms with Crippen LogP contribution in [0.15, 0.2) is 35.5 Å². The van der Waals surface area contributed by atoms with E-state index in [9.17, 15) is 17.2 Å². The van der Waals surface area contributed by atoms with Crippen LogP contribution in [0.2, 0.25) is 0 Å². The lowest BCUT2D eigenvalue weighted by Gasteiger charge is -2.07. The van der Waals surface area contributed by atoms with Gasteiger partial charge < -0.3 is 0 Å². The van der Waals surface area contributed by atoms with Crippen molar-refractivity contribution in [3.8, 4) is 0 Å². The molecule has 0 radical (unpaired) electrons. The molecule has 0 atom stereocenters. The average molecular weight is 273 g/mol. The van der Waals surface area contributed by atoms with E-state index in [4.69, 9.17) is 0 Å². The van der Waals surface area contributed by atoms with Gasteiger partial charge in [-0.05, 0) is 12.1 Å². The highest BCUT2D eigenvalue weighted by atomic mass is 32.2. The quantitative estimate of drug-likeness (QED) is 0.878. The van der Waals surface area contributed by atoms with E-state index in [0.29, 0.717) is 5.56 Å². The summed E-state index contributed by atoms with van der Waals surface area (Å²) in [7, 11) is -4.24. The van der Waals surface area contributed by atoms with Crippen molar-refractivity contribution in [2.45, 2.75) is 11.4 Å². The number of rotatable bonds is 4. The molecule has 0 fully saturated rings. The molecule has 0 aliphatic carbocycles. The van der Waals surface area contributed by atoms with Crippen molar-refractivity contribution in [3.63, 3.8) is 0 Å². The Hall–Kier alpha value is -1.80. The lowest BCUT2D eigenvalue weighted by atomic mass is 10.3. The smallest absolute Gasteiger partial charge is 0.246 e. The number of hydrogen-bond donors (Lipinski definition) is 2. The van der Waals surface area contributed by atoms with Crippen LogP contribution < -0.4 is 4.72 Å². The van der Waals surface area contributed by atoms with Crippen LogP contribution in [0.5, 0.6) is 0 Å². The maximum atomic E-state index is 13.3. The Morgan fingerprint density at radius 1 is 1.28 bits per heavy atom. The van der Waals surface area contributed by atoms with Gasteiger partial charge in [0.2, 0.25) is 10.0 Å². The molecule has 1 heterocycles. The van der Waals surface area contributed by atoms with E-state index < -0.39 is 26.6 Å². The highest BCUT2D eigenvalue weighted by Gasteiger charge is 2.23. The summed E-state index contributed by atoms with van der Waals surface area (Å²) in [6, 6.07) is 2.87. The molecule has 0 unspecified atom stereocenters. The standard InChI is InChI=1S/C10H9F2N3O2S/c11-8-2-1-3-9(12)10(8)18(16,17)15-6-7-4-13-14-5-7/h1-5,15H,6H2,(H,13,14). The van der Waals surface area contributed by atoms with Crippen LogP contribution in [-0.2, 0) is 16.6 Å². The molecule has 1 aromatic heterocycles. The molecule has 0 aliphatic rings. The van der Waals surface area contributed by atoms with Crippen molar-refractivity contribution in [2.24, 2.45) is 0 Å². The van der Waals surface area contributed by atoms with Gasteiger partial charge >= 0.3 is 0 Å². The Morgan fingerprint density at radius 3 is 2.50 bits per heavy atom. The van der Waals surface area contributed by atoms with Crippen molar-refractivity contribution in [1.82, 2.24) is 14.9 Å². The zero-order chi connectivity index (χ0) is 13.2. The van der Waals surface area contributed by atoms with Crippen LogP contribution in [-0.4, -0.2) is 18.6 Å². The van der Waals surface area contributed by atoms with Crippen molar-refractivity contribution in [2.75, 3.05) is 0 Å². The number of nitrogens with one attached hydrogen (secondary N) is 2. The highest BCUT2D eigenvalue weighted by molar-refractivity contribution is 7.89. The second kappa shape index (κ2) is 4.83. The molecule has 96 valence electrons. The second-order valence-electron chi connectivity index (χ2n) is 3.48. The molecule has 1 aromatic carbocycles. The van der Waals surface area contributed by atoms with Crippen LogP contribution in [0.1, 0.15) is 5.56 Å². The lowest BCUT2D eigenvalue weighted by Crippen LogP contribution is -2.25. The zero-order valence-electron chi connectivity index (χ0n) is 9.02. The summed E-state index contributed by atoms with van der Waals surface area (Å²) in [6.45, 7) is -0.105. The molecule has 0 amide bonds. The number of H-pyrrole nitrogens is 1. The summed E-state index contributed by atoms with van der Waals surface area (Å²) >= 11 is 0. The number of hydrogen-bond acceptors (Lipinski definition) is 3. The topological polar surface area (TPSA) is 74.8 Å². The molecule has 0 saturated heterocycles. The minimum Gasteiger partial charge on any atom is -0.285 e. The average Bonchev–Trinajstić information content (AvgIpc) is 2.78. The Morgan fingerprint density at radius 2 is 1.94 bits per heavy atom. The Balaban J connectivity index is 2.26. The van der Waals surface area contributed by atoms with E-state index in [0.717, 1.165) is 18.2 Å². The first kappa shape index (κ1) is 12.7. The van der Waals surface area contributed by atoms with Crippen molar-refractivity contribution in [3.05, 3.63) is 47.8 Å². The summed E-state index contributed by atoms with van der Waals surface area (Å²) in [6.07, 6.45) is 2.88. The third-order valence-electron chi connectivity index (χ3n) is 2.21. The number of aromatic amines is 1. The van der Waals surface area contributed by atoms with Crippen molar-refractivity contribution < 1.29 is 17.2 Å². The number of sulfonamides is 1. The van der Waals surface area contributed by atoms with Crippen molar-refractivity contribution >= 4 is 10.0 Å². The first-order valence-corrected chi connectivity index (χ1v) is 6.40. The lowest BCUT2D eigenvalue weighted by molar-refractivity contribution is 0.514. The van der Waals surface area contributed by atoms with E-state index in [1.807, 2.05) is 0 Å². The number of nitrogens with zero attached hydrogens (tertiary/aromatic N) is 1. The maximum Gasteiger partial charge on any atom is 0.246 e. The number of halogens is 2. The van der Waals surface area contributed by atoms with Crippen LogP contribution in [0, 0.1) is 11.6 Å². The zero-order valence-corrected chi connectivity index (χ0v) is 9.84. The molecule has 5 nitrogen and oxygen atoms in total. The van der Waals surface area contributed by atoms with E-state index in [-0.39, 0.29) is 6.54 Å². The summed E-state index contributed by atoms with van der Waals surface area (Å²) in [4.78, 5) is -0.978. The molecule has 2 aromatic rings.